The van der Waals surface area contributed by atoms with Crippen LogP contribution in [-0.4, -0.2) is 40.5 Å². The van der Waals surface area contributed by atoms with E-state index in [1.807, 2.05) is 24.3 Å². The monoisotopic (exact) mass is 449 g/mol. The molecule has 1 aliphatic heterocycles. The molecule has 1 heterocycles. The van der Waals surface area contributed by atoms with Gasteiger partial charge in [0.05, 0.1) is 26.7 Å². The molecule has 1 aliphatic rings. The second kappa shape index (κ2) is 8.84. The molecule has 0 saturated carbocycles. The van der Waals surface area contributed by atoms with E-state index in [1.54, 1.807) is 33.5 Å². The van der Waals surface area contributed by atoms with Gasteiger partial charge in [0.25, 0.3) is 0 Å². The second-order valence-corrected chi connectivity index (χ2v) is 7.49. The van der Waals surface area contributed by atoms with Crippen molar-refractivity contribution in [1.82, 2.24) is 0 Å². The van der Waals surface area contributed by atoms with E-state index in [0.29, 0.717) is 49.0 Å². The molecule has 0 atom stereocenters. The number of halogens is 1. The van der Waals surface area contributed by atoms with Crippen LogP contribution < -0.4 is 19.5 Å². The number of nitrogens with one attached hydrogen (secondary N) is 1. The van der Waals surface area contributed by atoms with Gasteiger partial charge in [0.2, 0.25) is 11.7 Å². The minimum atomic E-state index is -0.653. The number of amides is 1. The molecule has 0 radical (unpaired) electrons. The van der Waals surface area contributed by atoms with Crippen molar-refractivity contribution >= 4 is 27.5 Å². The van der Waals surface area contributed by atoms with Crippen molar-refractivity contribution in [3.05, 3.63) is 46.4 Å². The molecule has 0 aliphatic carbocycles. The minimum Gasteiger partial charge on any atom is -0.493 e. The first kappa shape index (κ1) is 20.5. The number of methoxy groups -OCH3 is 3. The summed E-state index contributed by atoms with van der Waals surface area (Å²) in [5.74, 6) is 1.38. The highest BCUT2D eigenvalue weighted by molar-refractivity contribution is 9.10. The van der Waals surface area contributed by atoms with Gasteiger partial charge in [-0.05, 0) is 30.5 Å². The van der Waals surface area contributed by atoms with Crippen LogP contribution in [0.3, 0.4) is 0 Å². The first-order valence-corrected chi connectivity index (χ1v) is 9.78. The normalized spacial score (nSPS) is 15.6. The Balaban J connectivity index is 1.96. The third kappa shape index (κ3) is 3.95. The van der Waals surface area contributed by atoms with E-state index >= 15 is 0 Å². The number of rotatable bonds is 6. The number of carbonyl (C=O) groups is 1. The molecule has 7 heteroatoms. The predicted octanol–water partition coefficient (Wildman–Crippen LogP) is 4.16. The smallest absolute Gasteiger partial charge is 0.235 e. The molecule has 2 aromatic carbocycles. The summed E-state index contributed by atoms with van der Waals surface area (Å²) < 4.78 is 22.6. The topological polar surface area (TPSA) is 66.0 Å². The van der Waals surface area contributed by atoms with Crippen molar-refractivity contribution in [1.29, 1.82) is 0 Å². The molecule has 1 fully saturated rings. The lowest BCUT2D eigenvalue weighted by Crippen LogP contribution is -2.44. The van der Waals surface area contributed by atoms with Gasteiger partial charge in [-0.15, -0.1) is 0 Å². The standard InChI is InChI=1S/C21H24BrNO5/c1-25-17-12-16(13-18(26-2)19(17)27-3)23-20(24)21(8-10-28-11-9-21)14-4-6-15(22)7-5-14/h4-7,12-13H,8-11H2,1-3H3,(H,23,24). The van der Waals surface area contributed by atoms with Gasteiger partial charge in [-0.25, -0.2) is 0 Å². The number of benzene rings is 2. The summed E-state index contributed by atoms with van der Waals surface area (Å²) in [5.41, 5.74) is 0.908. The first-order chi connectivity index (χ1) is 13.5. The zero-order valence-corrected chi connectivity index (χ0v) is 17.8. The minimum absolute atomic E-state index is 0.0765. The Morgan fingerprint density at radius 3 is 2.07 bits per heavy atom. The van der Waals surface area contributed by atoms with E-state index in [-0.39, 0.29) is 5.91 Å². The Morgan fingerprint density at radius 1 is 1.00 bits per heavy atom. The van der Waals surface area contributed by atoms with Crippen LogP contribution in [0.2, 0.25) is 0 Å². The third-order valence-corrected chi connectivity index (χ3v) is 5.63. The lowest BCUT2D eigenvalue weighted by Gasteiger charge is -2.36. The maximum Gasteiger partial charge on any atom is 0.235 e. The van der Waals surface area contributed by atoms with E-state index in [1.165, 1.54) is 0 Å². The van der Waals surface area contributed by atoms with Gasteiger partial charge < -0.3 is 24.3 Å². The van der Waals surface area contributed by atoms with Gasteiger partial charge >= 0.3 is 0 Å². The number of carbonyl (C=O) groups excluding carboxylic acids is 1. The van der Waals surface area contributed by atoms with Crippen LogP contribution >= 0.6 is 15.9 Å². The van der Waals surface area contributed by atoms with E-state index in [2.05, 4.69) is 21.2 Å². The number of hydrogen-bond acceptors (Lipinski definition) is 5. The summed E-state index contributed by atoms with van der Waals surface area (Å²) in [7, 11) is 4.64. The molecule has 0 aromatic heterocycles. The first-order valence-electron chi connectivity index (χ1n) is 8.99. The van der Waals surface area contributed by atoms with Crippen molar-refractivity contribution in [3.8, 4) is 17.2 Å². The number of ether oxygens (including phenoxy) is 4. The summed E-state index contributed by atoms with van der Waals surface area (Å²) in [5, 5.41) is 3.04. The Bertz CT molecular complexity index is 806. The van der Waals surface area contributed by atoms with E-state index < -0.39 is 5.41 Å². The number of anilines is 1. The zero-order chi connectivity index (χ0) is 20.1. The lowest BCUT2D eigenvalue weighted by molar-refractivity contribution is -0.125. The molecular formula is C21H24BrNO5. The molecule has 1 saturated heterocycles. The third-order valence-electron chi connectivity index (χ3n) is 5.10. The summed E-state index contributed by atoms with van der Waals surface area (Å²) in [6.45, 7) is 1.08. The van der Waals surface area contributed by atoms with Crippen molar-refractivity contribution in [3.63, 3.8) is 0 Å². The maximum atomic E-state index is 13.4. The zero-order valence-electron chi connectivity index (χ0n) is 16.2. The molecule has 6 nitrogen and oxygen atoms in total. The van der Waals surface area contributed by atoms with Crippen LogP contribution in [0.25, 0.3) is 0 Å². The molecule has 1 N–H and O–H groups in total. The Morgan fingerprint density at radius 2 is 1.57 bits per heavy atom. The van der Waals surface area contributed by atoms with Crippen LogP contribution in [0.1, 0.15) is 18.4 Å². The van der Waals surface area contributed by atoms with Gasteiger partial charge in [0.15, 0.2) is 11.5 Å². The summed E-state index contributed by atoms with van der Waals surface area (Å²) >= 11 is 3.46. The summed E-state index contributed by atoms with van der Waals surface area (Å²) in [6, 6.07) is 11.4. The Hall–Kier alpha value is -2.25. The maximum absolute atomic E-state index is 13.4. The molecule has 0 spiro atoms. The van der Waals surface area contributed by atoms with E-state index in [4.69, 9.17) is 18.9 Å². The van der Waals surface area contributed by atoms with Crippen molar-refractivity contribution in [2.75, 3.05) is 39.9 Å². The largest absolute Gasteiger partial charge is 0.493 e. The molecule has 0 bridgehead atoms. The molecular weight excluding hydrogens is 426 g/mol. The molecule has 3 rings (SSSR count). The molecule has 2 aromatic rings. The predicted molar refractivity (Wildman–Crippen MR) is 111 cm³/mol. The number of hydrogen-bond donors (Lipinski definition) is 1. The highest BCUT2D eigenvalue weighted by Crippen LogP contribution is 2.41. The molecule has 1 amide bonds. The SMILES string of the molecule is COc1cc(NC(=O)C2(c3ccc(Br)cc3)CCOCC2)cc(OC)c1OC. The van der Waals surface area contributed by atoms with Crippen LogP contribution in [0.15, 0.2) is 40.9 Å². The van der Waals surface area contributed by atoms with E-state index in [0.717, 1.165) is 10.0 Å². The van der Waals surface area contributed by atoms with Crippen molar-refractivity contribution in [2.24, 2.45) is 0 Å². The van der Waals surface area contributed by atoms with Gasteiger partial charge in [0, 0.05) is 35.5 Å². The van der Waals surface area contributed by atoms with Gasteiger partial charge in [-0.2, -0.15) is 0 Å². The summed E-state index contributed by atoms with van der Waals surface area (Å²) in [4.78, 5) is 13.4. The highest BCUT2D eigenvalue weighted by Gasteiger charge is 2.41. The fourth-order valence-electron chi connectivity index (χ4n) is 3.54. The van der Waals surface area contributed by atoms with Crippen LogP contribution in [0.5, 0.6) is 17.2 Å². The van der Waals surface area contributed by atoms with E-state index in [9.17, 15) is 4.79 Å². The highest BCUT2D eigenvalue weighted by atomic mass is 79.9. The second-order valence-electron chi connectivity index (χ2n) is 6.57. The fraction of sp³-hybridized carbons (Fsp3) is 0.381. The van der Waals surface area contributed by atoms with Crippen LogP contribution in [0, 0.1) is 0 Å². The van der Waals surface area contributed by atoms with Crippen molar-refractivity contribution in [2.45, 2.75) is 18.3 Å². The van der Waals surface area contributed by atoms with Crippen LogP contribution in [0.4, 0.5) is 5.69 Å². The average Bonchev–Trinajstić information content (AvgIpc) is 2.73. The van der Waals surface area contributed by atoms with Gasteiger partial charge in [-0.1, -0.05) is 28.1 Å². The lowest BCUT2D eigenvalue weighted by atomic mass is 9.73. The Kier molecular flexibility index (Phi) is 6.46. The molecule has 0 unspecified atom stereocenters. The summed E-state index contributed by atoms with van der Waals surface area (Å²) in [6.07, 6.45) is 1.23. The van der Waals surface area contributed by atoms with Crippen molar-refractivity contribution < 1.29 is 23.7 Å². The fourth-order valence-corrected chi connectivity index (χ4v) is 3.80. The molecule has 150 valence electrons. The molecule has 28 heavy (non-hydrogen) atoms. The van der Waals surface area contributed by atoms with Gasteiger partial charge in [-0.3, -0.25) is 4.79 Å². The van der Waals surface area contributed by atoms with Gasteiger partial charge in [0.1, 0.15) is 0 Å². The van der Waals surface area contributed by atoms with Crippen LogP contribution in [-0.2, 0) is 14.9 Å². The quantitative estimate of drug-likeness (QED) is 0.716. The average molecular weight is 450 g/mol. The Labute approximate surface area is 173 Å².